The number of carbonyl (C=O) groups is 1. The number of hydrogen-bond donors (Lipinski definition) is 1. The summed E-state index contributed by atoms with van der Waals surface area (Å²) in [5.74, 6) is -0.375. The molecule has 1 aliphatic rings. The summed E-state index contributed by atoms with van der Waals surface area (Å²) in [6.45, 7) is 0.566. The molecule has 3 aromatic carbocycles. The molecule has 0 atom stereocenters. The number of para-hydroxylation sites is 2. The number of anilines is 3. The zero-order chi connectivity index (χ0) is 21.2. The normalized spacial score (nSPS) is 12.2. The van der Waals surface area contributed by atoms with Crippen molar-refractivity contribution in [3.8, 4) is 11.3 Å². The van der Waals surface area contributed by atoms with Crippen molar-refractivity contribution < 1.29 is 9.18 Å². The third kappa shape index (κ3) is 4.19. The number of fused-ring (bicyclic) bond motifs is 2. The molecule has 4 nitrogen and oxygen atoms in total. The lowest BCUT2D eigenvalue weighted by Crippen LogP contribution is -2.25. The SMILES string of the molecule is O=C(CCN1c2ccccc2Sc2ccccc21)Nc1nc(-c2ccc(F)cc2)cs1. The minimum absolute atomic E-state index is 0.0896. The molecule has 0 unspecified atom stereocenters. The molecule has 0 spiro atoms. The average molecular weight is 448 g/mol. The van der Waals surface area contributed by atoms with Crippen LogP contribution in [0.3, 0.4) is 0 Å². The number of nitrogens with one attached hydrogen (secondary N) is 1. The van der Waals surface area contributed by atoms with Crippen LogP contribution in [-0.2, 0) is 4.79 Å². The van der Waals surface area contributed by atoms with Gasteiger partial charge in [-0.1, -0.05) is 36.0 Å². The van der Waals surface area contributed by atoms with Crippen LogP contribution in [0, 0.1) is 5.82 Å². The lowest BCUT2D eigenvalue weighted by atomic mass is 10.2. The van der Waals surface area contributed by atoms with Crippen LogP contribution in [0.1, 0.15) is 6.42 Å². The third-order valence-corrected chi connectivity index (χ3v) is 6.87. The van der Waals surface area contributed by atoms with E-state index in [0.717, 1.165) is 22.6 Å². The highest BCUT2D eigenvalue weighted by Gasteiger charge is 2.23. The van der Waals surface area contributed by atoms with E-state index in [0.29, 0.717) is 18.1 Å². The minimum atomic E-state index is -0.285. The molecule has 0 aliphatic carbocycles. The van der Waals surface area contributed by atoms with E-state index in [1.165, 1.54) is 33.3 Å². The van der Waals surface area contributed by atoms with Crippen molar-refractivity contribution in [3.63, 3.8) is 0 Å². The molecule has 5 rings (SSSR count). The Morgan fingerprint density at radius 3 is 2.26 bits per heavy atom. The molecule has 1 amide bonds. The number of benzene rings is 3. The van der Waals surface area contributed by atoms with Gasteiger partial charge in [-0.3, -0.25) is 4.79 Å². The summed E-state index contributed by atoms with van der Waals surface area (Å²) >= 11 is 3.11. The van der Waals surface area contributed by atoms with E-state index in [9.17, 15) is 9.18 Å². The van der Waals surface area contributed by atoms with Crippen LogP contribution < -0.4 is 10.2 Å². The van der Waals surface area contributed by atoms with Gasteiger partial charge in [-0.15, -0.1) is 11.3 Å². The molecule has 4 aromatic rings. The Hall–Kier alpha value is -3.16. The Labute approximate surface area is 187 Å². The zero-order valence-electron chi connectivity index (χ0n) is 16.4. The average Bonchev–Trinajstić information content (AvgIpc) is 3.25. The van der Waals surface area contributed by atoms with Crippen molar-refractivity contribution in [3.05, 3.63) is 84.0 Å². The molecule has 154 valence electrons. The van der Waals surface area contributed by atoms with Crippen LogP contribution in [-0.4, -0.2) is 17.4 Å². The van der Waals surface area contributed by atoms with E-state index in [4.69, 9.17) is 0 Å². The number of aromatic nitrogens is 1. The molecule has 1 N–H and O–H groups in total. The van der Waals surface area contributed by atoms with Gasteiger partial charge in [0.2, 0.25) is 5.91 Å². The van der Waals surface area contributed by atoms with Crippen LogP contribution in [0.5, 0.6) is 0 Å². The molecule has 1 aromatic heterocycles. The number of hydrogen-bond acceptors (Lipinski definition) is 5. The van der Waals surface area contributed by atoms with E-state index in [2.05, 4.69) is 39.5 Å². The van der Waals surface area contributed by atoms with Gasteiger partial charge in [0, 0.05) is 33.7 Å². The summed E-state index contributed by atoms with van der Waals surface area (Å²) in [5.41, 5.74) is 3.77. The van der Waals surface area contributed by atoms with Gasteiger partial charge in [0.15, 0.2) is 5.13 Å². The lowest BCUT2D eigenvalue weighted by molar-refractivity contribution is -0.116. The number of carbonyl (C=O) groups excluding carboxylic acids is 1. The van der Waals surface area contributed by atoms with Crippen molar-refractivity contribution in [2.45, 2.75) is 16.2 Å². The van der Waals surface area contributed by atoms with E-state index in [1.54, 1.807) is 23.9 Å². The third-order valence-electron chi connectivity index (χ3n) is 4.99. The summed E-state index contributed by atoms with van der Waals surface area (Å²) in [5, 5.41) is 5.29. The molecule has 2 heterocycles. The highest BCUT2D eigenvalue weighted by molar-refractivity contribution is 7.99. The number of nitrogens with zero attached hydrogens (tertiary/aromatic N) is 2. The van der Waals surface area contributed by atoms with Gasteiger partial charge in [0.1, 0.15) is 5.82 Å². The molecule has 1 aliphatic heterocycles. The van der Waals surface area contributed by atoms with Crippen LogP contribution in [0.4, 0.5) is 20.9 Å². The summed E-state index contributed by atoms with van der Waals surface area (Å²) in [4.78, 5) is 21.7. The van der Waals surface area contributed by atoms with Crippen LogP contribution in [0.2, 0.25) is 0 Å². The van der Waals surface area contributed by atoms with Gasteiger partial charge in [-0.25, -0.2) is 9.37 Å². The summed E-state index contributed by atoms with van der Waals surface area (Å²) < 4.78 is 13.1. The topological polar surface area (TPSA) is 45.2 Å². The van der Waals surface area contributed by atoms with E-state index in [1.807, 2.05) is 29.6 Å². The second-order valence-corrected chi connectivity index (χ2v) is 8.97. The predicted octanol–water partition coefficient (Wildman–Crippen LogP) is 6.58. The molecular formula is C24H18FN3OS2. The summed E-state index contributed by atoms with van der Waals surface area (Å²) in [6.07, 6.45) is 0.332. The van der Waals surface area contributed by atoms with E-state index < -0.39 is 0 Å². The fourth-order valence-corrected chi connectivity index (χ4v) is 5.33. The number of halogens is 1. The molecule has 0 saturated heterocycles. The van der Waals surface area contributed by atoms with Gasteiger partial charge >= 0.3 is 0 Å². The molecule has 0 saturated carbocycles. The van der Waals surface area contributed by atoms with Gasteiger partial charge in [0.25, 0.3) is 0 Å². The summed E-state index contributed by atoms with van der Waals surface area (Å²) in [6, 6.07) is 22.7. The van der Waals surface area contributed by atoms with Crippen molar-refractivity contribution in [2.24, 2.45) is 0 Å². The second kappa shape index (κ2) is 8.53. The maximum absolute atomic E-state index is 13.1. The Bertz CT molecular complexity index is 1190. The highest BCUT2D eigenvalue weighted by Crippen LogP contribution is 2.47. The Morgan fingerprint density at radius 2 is 1.58 bits per heavy atom. The minimum Gasteiger partial charge on any atom is -0.339 e. The Balaban J connectivity index is 1.28. The van der Waals surface area contributed by atoms with Crippen LogP contribution in [0.15, 0.2) is 88.0 Å². The fraction of sp³-hybridized carbons (Fsp3) is 0.0833. The molecular weight excluding hydrogens is 429 g/mol. The molecule has 0 fully saturated rings. The number of thiazole rings is 1. The van der Waals surface area contributed by atoms with Gasteiger partial charge in [0.05, 0.1) is 17.1 Å². The van der Waals surface area contributed by atoms with Gasteiger partial charge in [-0.05, 0) is 48.5 Å². The van der Waals surface area contributed by atoms with Crippen LogP contribution >= 0.6 is 23.1 Å². The first kappa shape index (κ1) is 19.8. The maximum Gasteiger partial charge on any atom is 0.227 e. The molecule has 0 bridgehead atoms. The molecule has 0 radical (unpaired) electrons. The quantitative estimate of drug-likeness (QED) is 0.375. The predicted molar refractivity (Wildman–Crippen MR) is 125 cm³/mol. The Kier molecular flexibility index (Phi) is 5.44. The second-order valence-electron chi connectivity index (χ2n) is 7.03. The lowest BCUT2D eigenvalue weighted by Gasteiger charge is -2.32. The first-order valence-electron chi connectivity index (χ1n) is 9.82. The maximum atomic E-state index is 13.1. The van der Waals surface area contributed by atoms with Gasteiger partial charge < -0.3 is 10.2 Å². The highest BCUT2D eigenvalue weighted by atomic mass is 32.2. The zero-order valence-corrected chi connectivity index (χ0v) is 18.0. The first-order chi connectivity index (χ1) is 15.2. The van der Waals surface area contributed by atoms with E-state index >= 15 is 0 Å². The number of rotatable bonds is 5. The molecule has 7 heteroatoms. The van der Waals surface area contributed by atoms with Crippen molar-refractivity contribution >= 4 is 45.5 Å². The fourth-order valence-electron chi connectivity index (χ4n) is 3.50. The smallest absolute Gasteiger partial charge is 0.227 e. The largest absolute Gasteiger partial charge is 0.339 e. The van der Waals surface area contributed by atoms with Gasteiger partial charge in [-0.2, -0.15) is 0 Å². The summed E-state index contributed by atoms with van der Waals surface area (Å²) in [7, 11) is 0. The number of amides is 1. The van der Waals surface area contributed by atoms with E-state index in [-0.39, 0.29) is 11.7 Å². The first-order valence-corrected chi connectivity index (χ1v) is 11.5. The molecule has 31 heavy (non-hydrogen) atoms. The monoisotopic (exact) mass is 447 g/mol. The van der Waals surface area contributed by atoms with Crippen LogP contribution in [0.25, 0.3) is 11.3 Å². The Morgan fingerprint density at radius 1 is 0.935 bits per heavy atom. The standard InChI is InChI=1S/C24H18FN3OS2/c25-17-11-9-16(10-12-17)18-15-30-24(26-18)27-23(29)13-14-28-19-5-1-3-7-21(19)31-22-8-4-2-6-20(22)28/h1-12,15H,13-14H2,(H,26,27,29). The van der Waals surface area contributed by atoms with Crippen molar-refractivity contribution in [1.82, 2.24) is 4.98 Å². The van der Waals surface area contributed by atoms with Crippen molar-refractivity contribution in [1.29, 1.82) is 0 Å². The van der Waals surface area contributed by atoms with Crippen molar-refractivity contribution in [2.75, 3.05) is 16.8 Å².